The summed E-state index contributed by atoms with van der Waals surface area (Å²) >= 11 is 0. The highest BCUT2D eigenvalue weighted by Crippen LogP contribution is 2.29. The van der Waals surface area contributed by atoms with E-state index in [1.165, 1.54) is 0 Å². The lowest BCUT2D eigenvalue weighted by Crippen LogP contribution is -2.49. The van der Waals surface area contributed by atoms with Gasteiger partial charge in [-0.25, -0.2) is 0 Å². The normalized spacial score (nSPS) is 24.8. The van der Waals surface area contributed by atoms with Crippen molar-refractivity contribution >= 4 is 11.9 Å². The van der Waals surface area contributed by atoms with Gasteiger partial charge in [-0.3, -0.25) is 14.5 Å². The molecule has 5 nitrogen and oxygen atoms in total. The molecule has 104 valence electrons. The van der Waals surface area contributed by atoms with Gasteiger partial charge in [0.15, 0.2) is 0 Å². The van der Waals surface area contributed by atoms with Crippen LogP contribution in [0.5, 0.6) is 0 Å². The van der Waals surface area contributed by atoms with E-state index in [0.717, 1.165) is 25.8 Å². The molecule has 0 radical (unpaired) electrons. The molecule has 0 aliphatic carbocycles. The Hall–Kier alpha value is -1.10. The van der Waals surface area contributed by atoms with E-state index >= 15 is 0 Å². The van der Waals surface area contributed by atoms with E-state index in [0.29, 0.717) is 26.1 Å². The molecule has 0 spiro atoms. The molecule has 5 heteroatoms. The fraction of sp³-hybridized carbons (Fsp3) is 0.846. The van der Waals surface area contributed by atoms with Gasteiger partial charge < -0.3 is 10.4 Å². The molecule has 0 bridgehead atoms. The van der Waals surface area contributed by atoms with Gasteiger partial charge >= 0.3 is 5.97 Å². The van der Waals surface area contributed by atoms with Gasteiger partial charge in [0.1, 0.15) is 0 Å². The Morgan fingerprint density at radius 3 is 2.78 bits per heavy atom. The number of nitrogens with one attached hydrogen (secondary N) is 1. The van der Waals surface area contributed by atoms with Crippen LogP contribution in [0.3, 0.4) is 0 Å². The van der Waals surface area contributed by atoms with Crippen LogP contribution in [-0.2, 0) is 9.59 Å². The Labute approximate surface area is 109 Å². The lowest BCUT2D eigenvalue weighted by molar-refractivity contribution is -0.151. The van der Waals surface area contributed by atoms with Crippen LogP contribution in [0.25, 0.3) is 0 Å². The summed E-state index contributed by atoms with van der Waals surface area (Å²) in [4.78, 5) is 24.8. The molecule has 1 unspecified atom stereocenters. The number of hydrogen-bond donors (Lipinski definition) is 2. The molecule has 1 atom stereocenters. The zero-order valence-corrected chi connectivity index (χ0v) is 11.4. The van der Waals surface area contributed by atoms with Gasteiger partial charge in [-0.05, 0) is 32.7 Å². The standard InChI is InChI=1S/C13H24N2O3/c1-3-4-7-14-11(16)9-15-8-5-6-13(2,10-15)12(17)18/h3-10H2,1-2H3,(H,14,16)(H,17,18). The topological polar surface area (TPSA) is 69.6 Å². The number of carbonyl (C=O) groups is 2. The Bertz CT molecular complexity index is 307. The summed E-state index contributed by atoms with van der Waals surface area (Å²) in [6.45, 7) is 6.13. The first-order valence-corrected chi connectivity index (χ1v) is 6.70. The lowest BCUT2D eigenvalue weighted by Gasteiger charge is -2.37. The van der Waals surface area contributed by atoms with Gasteiger partial charge in [0.2, 0.25) is 5.91 Å². The number of likely N-dealkylation sites (tertiary alicyclic amines) is 1. The molecular formula is C13H24N2O3. The summed E-state index contributed by atoms with van der Waals surface area (Å²) in [6.07, 6.45) is 3.57. The second kappa shape index (κ2) is 6.73. The Balaban J connectivity index is 2.38. The predicted octanol–water partition coefficient (Wildman–Crippen LogP) is 1.09. The van der Waals surface area contributed by atoms with E-state index in [1.807, 2.05) is 4.90 Å². The molecule has 1 heterocycles. The number of carboxylic acids is 1. The van der Waals surface area contributed by atoms with Crippen LogP contribution in [0.2, 0.25) is 0 Å². The molecule has 1 amide bonds. The van der Waals surface area contributed by atoms with Gasteiger partial charge in [0, 0.05) is 13.1 Å². The molecule has 18 heavy (non-hydrogen) atoms. The number of unbranched alkanes of at least 4 members (excludes halogenated alkanes) is 1. The zero-order chi connectivity index (χ0) is 13.6. The van der Waals surface area contributed by atoms with Crippen LogP contribution in [0.15, 0.2) is 0 Å². The summed E-state index contributed by atoms with van der Waals surface area (Å²) in [7, 11) is 0. The van der Waals surface area contributed by atoms with E-state index in [-0.39, 0.29) is 5.91 Å². The zero-order valence-electron chi connectivity index (χ0n) is 11.4. The second-order valence-electron chi connectivity index (χ2n) is 5.38. The highest BCUT2D eigenvalue weighted by molar-refractivity contribution is 5.78. The predicted molar refractivity (Wildman–Crippen MR) is 69.3 cm³/mol. The van der Waals surface area contributed by atoms with Gasteiger partial charge in [-0.15, -0.1) is 0 Å². The summed E-state index contributed by atoms with van der Waals surface area (Å²) in [5.74, 6) is -0.767. The maximum absolute atomic E-state index is 11.7. The molecule has 0 aromatic heterocycles. The van der Waals surface area contributed by atoms with Crippen LogP contribution >= 0.6 is 0 Å². The third-order valence-corrected chi connectivity index (χ3v) is 3.51. The number of carboxylic acid groups (broad SMARTS) is 1. The minimum Gasteiger partial charge on any atom is -0.481 e. The Morgan fingerprint density at radius 1 is 1.44 bits per heavy atom. The van der Waals surface area contributed by atoms with Crippen molar-refractivity contribution in [1.29, 1.82) is 0 Å². The molecular weight excluding hydrogens is 232 g/mol. The molecule has 2 N–H and O–H groups in total. The van der Waals surface area contributed by atoms with E-state index in [2.05, 4.69) is 12.2 Å². The largest absolute Gasteiger partial charge is 0.481 e. The van der Waals surface area contributed by atoms with Gasteiger partial charge in [0.25, 0.3) is 0 Å². The van der Waals surface area contributed by atoms with Crippen molar-refractivity contribution in [3.8, 4) is 0 Å². The van der Waals surface area contributed by atoms with E-state index in [4.69, 9.17) is 0 Å². The van der Waals surface area contributed by atoms with Crippen molar-refractivity contribution < 1.29 is 14.7 Å². The number of hydrogen-bond acceptors (Lipinski definition) is 3. The molecule has 1 aliphatic heterocycles. The first-order valence-electron chi connectivity index (χ1n) is 6.70. The van der Waals surface area contributed by atoms with Crippen molar-refractivity contribution in [3.05, 3.63) is 0 Å². The molecule has 0 aromatic carbocycles. The first-order chi connectivity index (χ1) is 8.48. The van der Waals surface area contributed by atoms with Gasteiger partial charge in [0.05, 0.1) is 12.0 Å². The van der Waals surface area contributed by atoms with Crippen LogP contribution in [0.4, 0.5) is 0 Å². The summed E-state index contributed by atoms with van der Waals surface area (Å²) in [5.41, 5.74) is -0.706. The number of aliphatic carboxylic acids is 1. The summed E-state index contributed by atoms with van der Waals surface area (Å²) in [5, 5.41) is 12.1. The molecule has 0 saturated carbocycles. The average molecular weight is 256 g/mol. The molecule has 1 saturated heterocycles. The SMILES string of the molecule is CCCCNC(=O)CN1CCCC(C)(C(=O)O)C1. The van der Waals surface area contributed by atoms with E-state index < -0.39 is 11.4 Å². The van der Waals surface area contributed by atoms with E-state index in [9.17, 15) is 14.7 Å². The average Bonchev–Trinajstić information content (AvgIpc) is 2.29. The van der Waals surface area contributed by atoms with Crippen molar-refractivity contribution in [2.75, 3.05) is 26.2 Å². The van der Waals surface area contributed by atoms with Crippen LogP contribution in [-0.4, -0.2) is 48.1 Å². The first kappa shape index (κ1) is 15.0. The highest BCUT2D eigenvalue weighted by Gasteiger charge is 2.38. The van der Waals surface area contributed by atoms with Gasteiger partial charge in [-0.2, -0.15) is 0 Å². The van der Waals surface area contributed by atoms with Crippen molar-refractivity contribution in [1.82, 2.24) is 10.2 Å². The summed E-state index contributed by atoms with van der Waals surface area (Å²) < 4.78 is 0. The van der Waals surface area contributed by atoms with Crippen LogP contribution in [0.1, 0.15) is 39.5 Å². The van der Waals surface area contributed by atoms with E-state index in [1.54, 1.807) is 6.92 Å². The number of nitrogens with zero attached hydrogens (tertiary/aromatic N) is 1. The second-order valence-corrected chi connectivity index (χ2v) is 5.38. The van der Waals surface area contributed by atoms with Crippen LogP contribution < -0.4 is 5.32 Å². The fourth-order valence-electron chi connectivity index (χ4n) is 2.32. The van der Waals surface area contributed by atoms with Crippen molar-refractivity contribution in [2.24, 2.45) is 5.41 Å². The minimum atomic E-state index is -0.765. The van der Waals surface area contributed by atoms with Gasteiger partial charge in [-0.1, -0.05) is 13.3 Å². The molecule has 0 aromatic rings. The smallest absolute Gasteiger partial charge is 0.310 e. The lowest BCUT2D eigenvalue weighted by atomic mass is 9.82. The minimum absolute atomic E-state index is 0.00177. The maximum Gasteiger partial charge on any atom is 0.310 e. The number of carbonyl (C=O) groups excluding carboxylic acids is 1. The third-order valence-electron chi connectivity index (χ3n) is 3.51. The maximum atomic E-state index is 11.7. The Morgan fingerprint density at radius 2 is 2.17 bits per heavy atom. The summed E-state index contributed by atoms with van der Waals surface area (Å²) in [6, 6.07) is 0. The molecule has 1 fully saturated rings. The van der Waals surface area contributed by atoms with Crippen LogP contribution in [0, 0.1) is 5.41 Å². The van der Waals surface area contributed by atoms with Crippen molar-refractivity contribution in [2.45, 2.75) is 39.5 Å². The van der Waals surface area contributed by atoms with Crippen molar-refractivity contribution in [3.63, 3.8) is 0 Å². The molecule has 1 aliphatic rings. The third kappa shape index (κ3) is 4.29. The molecule has 1 rings (SSSR count). The monoisotopic (exact) mass is 256 g/mol. The number of amides is 1. The quantitative estimate of drug-likeness (QED) is 0.698. The number of piperidine rings is 1. The Kier molecular flexibility index (Phi) is 5.59. The highest BCUT2D eigenvalue weighted by atomic mass is 16.4. The fourth-order valence-corrected chi connectivity index (χ4v) is 2.32. The number of rotatable bonds is 6.